The molecule has 0 atom stereocenters. The van der Waals surface area contributed by atoms with Crippen molar-refractivity contribution >= 4 is 32.6 Å². The van der Waals surface area contributed by atoms with Crippen LogP contribution in [0.3, 0.4) is 0 Å². The van der Waals surface area contributed by atoms with Gasteiger partial charge in [-0.15, -0.1) is 13.2 Å². The molecule has 1 aliphatic heterocycles. The molecule has 0 aliphatic carbocycles. The normalized spacial score (nSPS) is 14.7. The molecule has 0 unspecified atom stereocenters. The van der Waals surface area contributed by atoms with E-state index >= 15 is 0 Å². The number of carbonyl (C=O) groups is 1. The Morgan fingerprint density at radius 3 is 2.42 bits per heavy atom. The molecule has 1 N–H and O–H groups in total. The molecule has 1 amide bonds. The molecule has 0 saturated carbocycles. The van der Waals surface area contributed by atoms with Crippen LogP contribution in [0, 0.1) is 0 Å². The van der Waals surface area contributed by atoms with E-state index in [0.29, 0.717) is 13.1 Å². The highest BCUT2D eigenvalue weighted by atomic mass is 32.2. The summed E-state index contributed by atoms with van der Waals surface area (Å²) in [5.74, 6) is -0.814. The quantitative estimate of drug-likeness (QED) is 0.629. The van der Waals surface area contributed by atoms with Gasteiger partial charge in [0.05, 0.1) is 10.3 Å². The summed E-state index contributed by atoms with van der Waals surface area (Å²) in [4.78, 5) is 14.1. The standard InChI is InChI=1S/C19H16F3N3O5S/c20-19(21,22)29-13-5-3-12(4-6-13)24-31(27,28)14-7-8-16-15(11-14)17(23-30-16)18(26)25-9-1-2-10-25/h3-8,11,24H,1-2,9-10H2. The number of hydrogen-bond acceptors (Lipinski definition) is 6. The Hall–Kier alpha value is -3.28. The van der Waals surface area contributed by atoms with Gasteiger partial charge in [-0.3, -0.25) is 9.52 Å². The van der Waals surface area contributed by atoms with Crippen molar-refractivity contribution in [2.75, 3.05) is 17.8 Å². The van der Waals surface area contributed by atoms with Gasteiger partial charge in [0.25, 0.3) is 15.9 Å². The number of rotatable bonds is 5. The highest BCUT2D eigenvalue weighted by Gasteiger charge is 2.31. The van der Waals surface area contributed by atoms with Gasteiger partial charge in [-0.05, 0) is 55.3 Å². The molecule has 1 aromatic heterocycles. The van der Waals surface area contributed by atoms with Crippen LogP contribution in [-0.4, -0.2) is 43.8 Å². The average Bonchev–Trinajstić information content (AvgIpc) is 3.37. The summed E-state index contributed by atoms with van der Waals surface area (Å²) in [5.41, 5.74) is 0.325. The minimum absolute atomic E-state index is 0.0302. The van der Waals surface area contributed by atoms with Crippen LogP contribution in [0.2, 0.25) is 0 Å². The number of nitrogens with zero attached hydrogens (tertiary/aromatic N) is 2. The zero-order valence-corrected chi connectivity index (χ0v) is 16.7. The molecule has 8 nitrogen and oxygen atoms in total. The molecule has 4 rings (SSSR count). The van der Waals surface area contributed by atoms with Crippen molar-refractivity contribution in [3.8, 4) is 5.75 Å². The van der Waals surface area contributed by atoms with Crippen LogP contribution in [0.25, 0.3) is 11.0 Å². The maximum Gasteiger partial charge on any atom is 0.573 e. The summed E-state index contributed by atoms with van der Waals surface area (Å²) < 4.78 is 73.4. The second kappa shape index (κ2) is 7.76. The highest BCUT2D eigenvalue weighted by molar-refractivity contribution is 7.92. The van der Waals surface area contributed by atoms with Crippen LogP contribution >= 0.6 is 0 Å². The van der Waals surface area contributed by atoms with E-state index in [4.69, 9.17) is 4.52 Å². The first kappa shape index (κ1) is 21.0. The Morgan fingerprint density at radius 1 is 1.10 bits per heavy atom. The lowest BCUT2D eigenvalue weighted by Gasteiger charge is -2.13. The van der Waals surface area contributed by atoms with E-state index in [-0.39, 0.29) is 33.2 Å². The zero-order chi connectivity index (χ0) is 22.2. The van der Waals surface area contributed by atoms with Crippen LogP contribution < -0.4 is 9.46 Å². The fourth-order valence-corrected chi connectivity index (χ4v) is 4.33. The van der Waals surface area contributed by atoms with E-state index in [9.17, 15) is 26.4 Å². The Kier molecular flexibility index (Phi) is 5.25. The molecule has 2 heterocycles. The fraction of sp³-hybridized carbons (Fsp3) is 0.263. The molecule has 1 saturated heterocycles. The minimum atomic E-state index is -4.85. The van der Waals surface area contributed by atoms with Crippen LogP contribution in [-0.2, 0) is 10.0 Å². The first-order chi connectivity index (χ1) is 14.6. The number of nitrogens with one attached hydrogen (secondary N) is 1. The van der Waals surface area contributed by atoms with Gasteiger partial charge in [0, 0.05) is 18.8 Å². The largest absolute Gasteiger partial charge is 0.573 e. The third-order valence-electron chi connectivity index (χ3n) is 4.69. The molecular weight excluding hydrogens is 439 g/mol. The zero-order valence-electron chi connectivity index (χ0n) is 15.8. The van der Waals surface area contributed by atoms with E-state index in [1.54, 1.807) is 4.90 Å². The van der Waals surface area contributed by atoms with E-state index in [1.807, 2.05) is 0 Å². The van der Waals surface area contributed by atoms with E-state index < -0.39 is 22.1 Å². The minimum Gasteiger partial charge on any atom is -0.406 e. The molecule has 0 spiro atoms. The van der Waals surface area contributed by atoms with Crippen molar-refractivity contribution < 1.29 is 35.6 Å². The van der Waals surface area contributed by atoms with Crippen molar-refractivity contribution in [1.82, 2.24) is 10.1 Å². The number of halogens is 3. The molecule has 2 aromatic carbocycles. The van der Waals surface area contributed by atoms with Crippen molar-refractivity contribution in [2.45, 2.75) is 24.1 Å². The number of hydrogen-bond donors (Lipinski definition) is 1. The first-order valence-electron chi connectivity index (χ1n) is 9.20. The molecule has 164 valence electrons. The second-order valence-corrected chi connectivity index (χ2v) is 8.55. The molecule has 31 heavy (non-hydrogen) atoms. The Morgan fingerprint density at radius 2 is 1.77 bits per heavy atom. The van der Waals surface area contributed by atoms with Crippen LogP contribution in [0.5, 0.6) is 5.75 Å². The number of alkyl halides is 3. The number of sulfonamides is 1. The van der Waals surface area contributed by atoms with Gasteiger partial charge in [0.1, 0.15) is 5.75 Å². The number of ether oxygens (including phenoxy) is 1. The lowest BCUT2D eigenvalue weighted by molar-refractivity contribution is -0.274. The predicted molar refractivity (Wildman–Crippen MR) is 103 cm³/mol. The fourth-order valence-electron chi connectivity index (χ4n) is 3.25. The van der Waals surface area contributed by atoms with Crippen molar-refractivity contribution in [3.05, 3.63) is 48.2 Å². The molecule has 0 bridgehead atoms. The summed E-state index contributed by atoms with van der Waals surface area (Å²) in [5, 5.41) is 4.06. The van der Waals surface area contributed by atoms with Crippen molar-refractivity contribution in [2.24, 2.45) is 0 Å². The van der Waals surface area contributed by atoms with Gasteiger partial charge in [0.15, 0.2) is 11.3 Å². The highest BCUT2D eigenvalue weighted by Crippen LogP contribution is 2.27. The maximum absolute atomic E-state index is 12.7. The summed E-state index contributed by atoms with van der Waals surface area (Å²) in [6, 6.07) is 8.19. The Bertz CT molecular complexity index is 1220. The molecule has 12 heteroatoms. The van der Waals surface area contributed by atoms with Gasteiger partial charge in [0.2, 0.25) is 0 Å². The molecule has 1 aliphatic rings. The molecule has 1 fully saturated rings. The second-order valence-electron chi connectivity index (χ2n) is 6.87. The summed E-state index contributed by atoms with van der Waals surface area (Å²) in [7, 11) is -4.10. The van der Waals surface area contributed by atoms with Gasteiger partial charge in [-0.2, -0.15) is 0 Å². The van der Waals surface area contributed by atoms with Gasteiger partial charge < -0.3 is 14.2 Å². The first-order valence-corrected chi connectivity index (χ1v) is 10.7. The lowest BCUT2D eigenvalue weighted by atomic mass is 10.2. The number of benzene rings is 2. The van der Waals surface area contributed by atoms with Gasteiger partial charge >= 0.3 is 6.36 Å². The average molecular weight is 455 g/mol. The summed E-state index contributed by atoms with van der Waals surface area (Å²) >= 11 is 0. The van der Waals surface area contributed by atoms with Gasteiger partial charge in [-0.1, -0.05) is 5.16 Å². The van der Waals surface area contributed by atoms with E-state index in [0.717, 1.165) is 37.1 Å². The predicted octanol–water partition coefficient (Wildman–Crippen LogP) is 3.76. The third-order valence-corrected chi connectivity index (χ3v) is 6.07. The number of fused-ring (bicyclic) bond motifs is 1. The maximum atomic E-state index is 12.7. The van der Waals surface area contributed by atoms with Crippen LogP contribution in [0.15, 0.2) is 51.9 Å². The topological polar surface area (TPSA) is 102 Å². The van der Waals surface area contributed by atoms with Crippen LogP contribution in [0.4, 0.5) is 18.9 Å². The summed E-state index contributed by atoms with van der Waals surface area (Å²) in [6.07, 6.45) is -3.07. The van der Waals surface area contributed by atoms with Crippen molar-refractivity contribution in [1.29, 1.82) is 0 Å². The van der Waals surface area contributed by atoms with Crippen LogP contribution in [0.1, 0.15) is 23.3 Å². The van der Waals surface area contributed by atoms with Crippen molar-refractivity contribution in [3.63, 3.8) is 0 Å². The SMILES string of the molecule is O=C(c1noc2ccc(S(=O)(=O)Nc3ccc(OC(F)(F)F)cc3)cc12)N1CCCC1. The van der Waals surface area contributed by atoms with E-state index in [2.05, 4.69) is 14.6 Å². The molecule has 0 radical (unpaired) electrons. The summed E-state index contributed by atoms with van der Waals surface area (Å²) in [6.45, 7) is 1.20. The van der Waals surface area contributed by atoms with E-state index in [1.165, 1.54) is 18.2 Å². The van der Waals surface area contributed by atoms with Gasteiger partial charge in [-0.25, -0.2) is 8.42 Å². The number of aromatic nitrogens is 1. The Balaban J connectivity index is 1.58. The smallest absolute Gasteiger partial charge is 0.406 e. The third kappa shape index (κ3) is 4.58. The molecule has 3 aromatic rings. The monoisotopic (exact) mass is 455 g/mol. The number of likely N-dealkylation sites (tertiary alicyclic amines) is 1. The number of anilines is 1. The number of carbonyl (C=O) groups excluding carboxylic acids is 1. The Labute approximate surface area is 174 Å². The molecular formula is C19H16F3N3O5S. The number of amides is 1. The lowest BCUT2D eigenvalue weighted by Crippen LogP contribution is -2.28.